The number of nitrogens with zero attached hydrogens (tertiary/aromatic N) is 5. The van der Waals surface area contributed by atoms with Gasteiger partial charge < -0.3 is 15.4 Å². The first-order valence-corrected chi connectivity index (χ1v) is 10.7. The van der Waals surface area contributed by atoms with Crippen LogP contribution in [0.25, 0.3) is 11.7 Å². The molecule has 3 aromatic heterocycles. The van der Waals surface area contributed by atoms with Gasteiger partial charge in [-0.15, -0.1) is 0 Å². The molecular weight excluding hydrogens is 384 g/mol. The van der Waals surface area contributed by atoms with E-state index < -0.39 is 5.69 Å². The van der Waals surface area contributed by atoms with E-state index in [1.807, 2.05) is 0 Å². The molecule has 10 nitrogen and oxygen atoms in total. The van der Waals surface area contributed by atoms with Gasteiger partial charge in [0.15, 0.2) is 5.65 Å². The van der Waals surface area contributed by atoms with Crippen LogP contribution in [-0.2, 0) is 0 Å². The van der Waals surface area contributed by atoms with Gasteiger partial charge in [-0.05, 0) is 44.6 Å². The lowest BCUT2D eigenvalue weighted by Crippen LogP contribution is -2.31. The normalized spacial score (nSPS) is 20.2. The molecule has 10 heteroatoms. The largest absolute Gasteiger partial charge is 0.493 e. The van der Waals surface area contributed by atoms with Crippen LogP contribution in [0.2, 0.25) is 0 Å². The summed E-state index contributed by atoms with van der Waals surface area (Å²) >= 11 is 0. The van der Waals surface area contributed by atoms with Gasteiger partial charge in [0.25, 0.3) is 5.62 Å². The fraction of sp³-hybridized carbons (Fsp3) is 0.550. The third-order valence-electron chi connectivity index (χ3n) is 5.97. The molecule has 2 fully saturated rings. The van der Waals surface area contributed by atoms with Crippen LogP contribution in [0.1, 0.15) is 57.6 Å². The van der Waals surface area contributed by atoms with E-state index in [1.54, 1.807) is 16.8 Å². The zero-order valence-electron chi connectivity index (χ0n) is 16.9. The van der Waals surface area contributed by atoms with Crippen LogP contribution in [0, 0.1) is 5.92 Å². The highest BCUT2D eigenvalue weighted by atomic mass is 16.3. The monoisotopic (exact) mass is 410 g/mol. The van der Waals surface area contributed by atoms with Gasteiger partial charge in [0.05, 0.1) is 12.2 Å². The second-order valence-electron chi connectivity index (χ2n) is 8.36. The Bertz CT molecular complexity index is 1230. The molecule has 2 saturated carbocycles. The van der Waals surface area contributed by atoms with Crippen LogP contribution in [-0.4, -0.2) is 46.7 Å². The Labute approximate surface area is 172 Å². The first kappa shape index (κ1) is 18.8. The number of nitrogens with one attached hydrogen (secondary N) is 3. The van der Waals surface area contributed by atoms with Crippen molar-refractivity contribution in [2.45, 2.75) is 64.0 Å². The molecule has 3 heterocycles. The van der Waals surface area contributed by atoms with Crippen LogP contribution < -0.4 is 21.8 Å². The Morgan fingerprint density at radius 1 is 1.23 bits per heavy atom. The molecule has 158 valence electrons. The molecular formula is C20H26N8O2. The van der Waals surface area contributed by atoms with Crippen molar-refractivity contribution < 1.29 is 5.11 Å². The summed E-state index contributed by atoms with van der Waals surface area (Å²) in [6.07, 6.45) is 11.7. The van der Waals surface area contributed by atoms with E-state index >= 15 is 0 Å². The molecule has 4 N–H and O–H groups in total. The lowest BCUT2D eigenvalue weighted by molar-refractivity contribution is 0.327. The SMILES string of the molecule is C[C@@H](Nc1nc(=NC2CC2)n2ncc(=Cc3[nH]c(=O)[nH]c3O)c2n1)C1CCCCC1. The van der Waals surface area contributed by atoms with Gasteiger partial charge >= 0.3 is 5.69 Å². The van der Waals surface area contributed by atoms with Crippen LogP contribution in [0.3, 0.4) is 0 Å². The van der Waals surface area contributed by atoms with Crippen molar-refractivity contribution in [3.8, 4) is 5.88 Å². The van der Waals surface area contributed by atoms with E-state index in [2.05, 4.69) is 32.3 Å². The highest BCUT2D eigenvalue weighted by molar-refractivity contribution is 5.57. The van der Waals surface area contributed by atoms with Crippen molar-refractivity contribution in [3.63, 3.8) is 0 Å². The third kappa shape index (κ3) is 3.81. The fourth-order valence-electron chi connectivity index (χ4n) is 4.10. The number of H-pyrrole nitrogens is 2. The first-order valence-electron chi connectivity index (χ1n) is 10.7. The van der Waals surface area contributed by atoms with E-state index in [9.17, 15) is 9.90 Å². The minimum Gasteiger partial charge on any atom is -0.493 e. The standard InChI is InChI=1S/C20H26N8O2/c1-11(12-5-3-2-4-6-12)22-18-25-16-13(9-15-17(29)26-20(30)24-15)10-21-28(16)19(27-18)23-14-7-8-14/h9-12,14,29H,2-8H2,1H3,(H,22,23,27)(H2,24,26,30)/t11-/m1/s1. The Kier molecular flexibility index (Phi) is 4.76. The summed E-state index contributed by atoms with van der Waals surface area (Å²) in [5.74, 6) is 0.919. The van der Waals surface area contributed by atoms with Gasteiger partial charge in [-0.2, -0.15) is 19.6 Å². The van der Waals surface area contributed by atoms with Crippen molar-refractivity contribution in [1.29, 1.82) is 0 Å². The molecule has 0 amide bonds. The van der Waals surface area contributed by atoms with Gasteiger partial charge in [0.1, 0.15) is 5.69 Å². The number of aromatic hydroxyl groups is 1. The quantitative estimate of drug-likeness (QED) is 0.492. The lowest BCUT2D eigenvalue weighted by Gasteiger charge is -2.28. The highest BCUT2D eigenvalue weighted by Crippen LogP contribution is 2.27. The van der Waals surface area contributed by atoms with Crippen molar-refractivity contribution >= 4 is 17.7 Å². The molecule has 0 saturated heterocycles. The summed E-state index contributed by atoms with van der Waals surface area (Å²) in [4.78, 5) is 30.4. The van der Waals surface area contributed by atoms with Crippen LogP contribution in [0.15, 0.2) is 16.0 Å². The summed E-state index contributed by atoms with van der Waals surface area (Å²) in [6, 6.07) is 0.551. The molecule has 2 aliphatic carbocycles. The molecule has 5 rings (SSSR count). The Morgan fingerprint density at radius 3 is 2.73 bits per heavy atom. The van der Waals surface area contributed by atoms with Crippen LogP contribution >= 0.6 is 0 Å². The number of fused-ring (bicyclic) bond motifs is 1. The molecule has 3 aromatic rings. The second kappa shape index (κ2) is 7.58. The molecule has 2 aliphatic rings. The fourth-order valence-corrected chi connectivity index (χ4v) is 4.10. The number of hydrogen-bond donors (Lipinski definition) is 4. The second-order valence-corrected chi connectivity index (χ2v) is 8.36. The molecule has 0 aromatic carbocycles. The molecule has 1 atom stereocenters. The van der Waals surface area contributed by atoms with Gasteiger partial charge in [0, 0.05) is 11.3 Å². The predicted molar refractivity (Wildman–Crippen MR) is 111 cm³/mol. The van der Waals surface area contributed by atoms with E-state index in [0.717, 1.165) is 12.8 Å². The molecule has 0 spiro atoms. The number of hydrogen-bond acceptors (Lipinski definition) is 7. The van der Waals surface area contributed by atoms with Crippen molar-refractivity contribution in [1.82, 2.24) is 29.5 Å². The molecule has 30 heavy (non-hydrogen) atoms. The van der Waals surface area contributed by atoms with Gasteiger partial charge in [-0.1, -0.05) is 19.3 Å². The Balaban J connectivity index is 1.57. The maximum absolute atomic E-state index is 11.4. The van der Waals surface area contributed by atoms with Crippen molar-refractivity contribution in [2.24, 2.45) is 10.9 Å². The maximum atomic E-state index is 11.4. The van der Waals surface area contributed by atoms with E-state index in [0.29, 0.717) is 28.4 Å². The summed E-state index contributed by atoms with van der Waals surface area (Å²) < 4.78 is 1.61. The minimum atomic E-state index is -0.474. The molecule has 0 aliphatic heterocycles. The smallest absolute Gasteiger partial charge is 0.326 e. The van der Waals surface area contributed by atoms with E-state index in [4.69, 9.17) is 9.98 Å². The summed E-state index contributed by atoms with van der Waals surface area (Å²) in [5.41, 5.74) is 0.897. The Morgan fingerprint density at radius 2 is 2.03 bits per heavy atom. The van der Waals surface area contributed by atoms with E-state index in [-0.39, 0.29) is 23.7 Å². The predicted octanol–water partition coefficient (Wildman–Crippen LogP) is 0.838. The topological polar surface area (TPSA) is 136 Å². The Hall–Kier alpha value is -3.17. The average molecular weight is 410 g/mol. The van der Waals surface area contributed by atoms with Gasteiger partial charge in [-0.25, -0.2) is 9.79 Å². The summed E-state index contributed by atoms with van der Waals surface area (Å²) in [6.45, 7) is 2.19. The summed E-state index contributed by atoms with van der Waals surface area (Å²) in [7, 11) is 0. The maximum Gasteiger partial charge on any atom is 0.326 e. The third-order valence-corrected chi connectivity index (χ3v) is 5.97. The average Bonchev–Trinajstić information content (AvgIpc) is 3.37. The van der Waals surface area contributed by atoms with Gasteiger partial charge in [0.2, 0.25) is 11.8 Å². The minimum absolute atomic E-state index is 0.222. The summed E-state index contributed by atoms with van der Waals surface area (Å²) in [5, 5.41) is 18.4. The number of imidazole rings is 1. The van der Waals surface area contributed by atoms with E-state index in [1.165, 1.54) is 32.1 Å². The number of aromatic nitrogens is 6. The molecule has 0 radical (unpaired) electrons. The van der Waals surface area contributed by atoms with Crippen molar-refractivity contribution in [3.05, 3.63) is 33.2 Å². The van der Waals surface area contributed by atoms with Crippen molar-refractivity contribution in [2.75, 3.05) is 5.32 Å². The van der Waals surface area contributed by atoms with Gasteiger partial charge in [-0.3, -0.25) is 4.98 Å². The number of rotatable bonds is 5. The van der Waals surface area contributed by atoms with Crippen LogP contribution in [0.4, 0.5) is 5.95 Å². The zero-order valence-corrected chi connectivity index (χ0v) is 16.9. The number of aromatic amines is 2. The lowest BCUT2D eigenvalue weighted by atomic mass is 9.85. The van der Waals surface area contributed by atoms with Crippen LogP contribution in [0.5, 0.6) is 5.88 Å². The molecule has 0 bridgehead atoms. The molecule has 0 unspecified atom stereocenters. The first-order chi connectivity index (χ1) is 14.6. The zero-order chi connectivity index (χ0) is 20.7. The number of anilines is 1. The highest BCUT2D eigenvalue weighted by Gasteiger charge is 2.23.